The van der Waals surface area contributed by atoms with Crippen molar-refractivity contribution in [2.75, 3.05) is 33.0 Å². The number of hydrogen-bond donors (Lipinski definition) is 1. The number of ether oxygens (including phenoxy) is 2. The fourth-order valence-electron chi connectivity index (χ4n) is 3.31. The Morgan fingerprint density at radius 3 is 2.50 bits per heavy atom. The number of fused-ring (bicyclic) bond motifs is 1. The highest BCUT2D eigenvalue weighted by molar-refractivity contribution is 6.35. The predicted octanol–water partition coefficient (Wildman–Crippen LogP) is 0.771. The number of aromatic nitrogens is 1. The molecule has 1 aromatic heterocycles. The van der Waals surface area contributed by atoms with Crippen LogP contribution < -0.4 is 14.8 Å². The molecule has 1 saturated heterocycles. The minimum Gasteiger partial charge on any atom is -0.454 e. The summed E-state index contributed by atoms with van der Waals surface area (Å²) < 4.78 is 10.7. The molecule has 1 fully saturated rings. The van der Waals surface area contributed by atoms with Gasteiger partial charge in [0.25, 0.3) is 0 Å². The van der Waals surface area contributed by atoms with Gasteiger partial charge in [-0.3, -0.25) is 19.5 Å². The second-order valence-corrected chi connectivity index (χ2v) is 6.79. The molecule has 0 radical (unpaired) electrons. The Balaban J connectivity index is 1.24. The Labute approximate surface area is 163 Å². The van der Waals surface area contributed by atoms with Crippen LogP contribution in [-0.4, -0.2) is 59.6 Å². The van der Waals surface area contributed by atoms with Crippen LogP contribution >= 0.6 is 0 Å². The number of carbonyl (C=O) groups excluding carboxylic acids is 2. The number of benzene rings is 1. The van der Waals surface area contributed by atoms with E-state index in [-0.39, 0.29) is 6.79 Å². The van der Waals surface area contributed by atoms with Crippen LogP contribution in [0.1, 0.15) is 11.1 Å². The lowest BCUT2D eigenvalue weighted by Gasteiger charge is -2.34. The van der Waals surface area contributed by atoms with Gasteiger partial charge >= 0.3 is 11.8 Å². The highest BCUT2D eigenvalue weighted by atomic mass is 16.7. The van der Waals surface area contributed by atoms with Gasteiger partial charge in [-0.1, -0.05) is 6.07 Å². The lowest BCUT2D eigenvalue weighted by Crippen LogP contribution is -2.52. The van der Waals surface area contributed by atoms with Gasteiger partial charge in [0.15, 0.2) is 11.5 Å². The summed E-state index contributed by atoms with van der Waals surface area (Å²) in [6, 6.07) is 9.55. The molecule has 0 spiro atoms. The molecule has 4 rings (SSSR count). The molecule has 0 bridgehead atoms. The SMILES string of the molecule is O=C(NCc1ccncc1)C(=O)N1CCN(Cc2ccc3c(c2)OCO3)CC1. The lowest BCUT2D eigenvalue weighted by atomic mass is 10.1. The molecule has 8 heteroatoms. The summed E-state index contributed by atoms with van der Waals surface area (Å²) in [5, 5.41) is 2.67. The third-order valence-electron chi connectivity index (χ3n) is 4.90. The van der Waals surface area contributed by atoms with Gasteiger partial charge in [-0.25, -0.2) is 0 Å². The van der Waals surface area contributed by atoms with E-state index < -0.39 is 11.8 Å². The standard InChI is InChI=1S/C20H22N4O4/c25-19(22-12-15-3-5-21-6-4-15)20(26)24-9-7-23(8-10-24)13-16-1-2-17-18(11-16)28-14-27-17/h1-6,11H,7-10,12-14H2,(H,22,25). The normalized spacial score (nSPS) is 16.1. The molecule has 8 nitrogen and oxygen atoms in total. The number of nitrogens with one attached hydrogen (secondary N) is 1. The average Bonchev–Trinajstić information content (AvgIpc) is 3.21. The molecule has 0 aliphatic carbocycles. The minimum absolute atomic E-state index is 0.267. The van der Waals surface area contributed by atoms with Gasteiger partial charge in [-0.2, -0.15) is 0 Å². The van der Waals surface area contributed by atoms with E-state index in [0.717, 1.165) is 42.3 Å². The van der Waals surface area contributed by atoms with Gasteiger partial charge in [0, 0.05) is 51.7 Å². The van der Waals surface area contributed by atoms with Crippen molar-refractivity contribution in [1.82, 2.24) is 20.1 Å². The third-order valence-corrected chi connectivity index (χ3v) is 4.90. The van der Waals surface area contributed by atoms with Gasteiger partial charge in [0.2, 0.25) is 6.79 Å². The maximum Gasteiger partial charge on any atom is 0.311 e. The van der Waals surface area contributed by atoms with Gasteiger partial charge < -0.3 is 19.7 Å². The second kappa shape index (κ2) is 8.26. The van der Waals surface area contributed by atoms with E-state index in [1.807, 2.05) is 18.2 Å². The van der Waals surface area contributed by atoms with Crippen molar-refractivity contribution in [3.05, 3.63) is 53.9 Å². The molecule has 0 unspecified atom stereocenters. The monoisotopic (exact) mass is 382 g/mol. The molecule has 2 amide bonds. The Hall–Kier alpha value is -3.13. The van der Waals surface area contributed by atoms with Crippen LogP contribution in [0, 0.1) is 0 Å². The molecule has 146 valence electrons. The molecule has 1 N–H and O–H groups in total. The molecule has 0 saturated carbocycles. The maximum atomic E-state index is 12.4. The predicted molar refractivity (Wildman–Crippen MR) is 101 cm³/mol. The molecule has 3 heterocycles. The Morgan fingerprint density at radius 2 is 1.71 bits per heavy atom. The van der Waals surface area contributed by atoms with E-state index in [2.05, 4.69) is 15.2 Å². The smallest absolute Gasteiger partial charge is 0.311 e. The summed E-state index contributed by atoms with van der Waals surface area (Å²) >= 11 is 0. The van der Waals surface area contributed by atoms with Crippen molar-refractivity contribution in [3.8, 4) is 11.5 Å². The van der Waals surface area contributed by atoms with Crippen molar-refractivity contribution in [1.29, 1.82) is 0 Å². The number of piperazine rings is 1. The van der Waals surface area contributed by atoms with E-state index in [4.69, 9.17) is 9.47 Å². The first-order valence-electron chi connectivity index (χ1n) is 9.26. The molecule has 2 aromatic rings. The van der Waals surface area contributed by atoms with Crippen LogP contribution in [0.3, 0.4) is 0 Å². The largest absolute Gasteiger partial charge is 0.454 e. The van der Waals surface area contributed by atoms with Crippen LogP contribution in [0.15, 0.2) is 42.7 Å². The number of pyridine rings is 1. The third kappa shape index (κ3) is 4.23. The zero-order chi connectivity index (χ0) is 19.3. The molecular formula is C20H22N4O4. The molecule has 2 aliphatic rings. The fraction of sp³-hybridized carbons (Fsp3) is 0.350. The number of hydrogen-bond acceptors (Lipinski definition) is 6. The van der Waals surface area contributed by atoms with Crippen LogP contribution in [0.5, 0.6) is 11.5 Å². The van der Waals surface area contributed by atoms with Gasteiger partial charge in [-0.15, -0.1) is 0 Å². The summed E-state index contributed by atoms with van der Waals surface area (Å²) in [6.45, 7) is 3.86. The summed E-state index contributed by atoms with van der Waals surface area (Å²) in [5.74, 6) is 0.506. The first kappa shape index (κ1) is 18.2. The van der Waals surface area contributed by atoms with Gasteiger partial charge in [-0.05, 0) is 35.4 Å². The van der Waals surface area contributed by atoms with E-state index in [1.165, 1.54) is 0 Å². The van der Waals surface area contributed by atoms with Crippen LogP contribution in [0.25, 0.3) is 0 Å². The Morgan fingerprint density at radius 1 is 0.964 bits per heavy atom. The second-order valence-electron chi connectivity index (χ2n) is 6.79. The van der Waals surface area contributed by atoms with E-state index in [1.54, 1.807) is 29.4 Å². The summed E-state index contributed by atoms with van der Waals surface area (Å²) in [7, 11) is 0. The van der Waals surface area contributed by atoms with Gasteiger partial charge in [0.05, 0.1) is 0 Å². The molecule has 1 aromatic carbocycles. The van der Waals surface area contributed by atoms with Crippen molar-refractivity contribution in [2.45, 2.75) is 13.1 Å². The van der Waals surface area contributed by atoms with Crippen LogP contribution in [0.4, 0.5) is 0 Å². The highest BCUT2D eigenvalue weighted by Crippen LogP contribution is 2.32. The lowest BCUT2D eigenvalue weighted by molar-refractivity contribution is -0.147. The number of amides is 2. The Kier molecular flexibility index (Phi) is 5.38. The minimum atomic E-state index is -0.568. The molecule has 28 heavy (non-hydrogen) atoms. The summed E-state index contributed by atoms with van der Waals surface area (Å²) in [4.78, 5) is 32.3. The first-order chi connectivity index (χ1) is 13.7. The topological polar surface area (TPSA) is 84.0 Å². The van der Waals surface area contributed by atoms with Crippen LogP contribution in [-0.2, 0) is 22.7 Å². The van der Waals surface area contributed by atoms with Gasteiger partial charge in [0.1, 0.15) is 0 Å². The van der Waals surface area contributed by atoms with Crippen LogP contribution in [0.2, 0.25) is 0 Å². The zero-order valence-corrected chi connectivity index (χ0v) is 15.5. The van der Waals surface area contributed by atoms with Crippen molar-refractivity contribution in [3.63, 3.8) is 0 Å². The van der Waals surface area contributed by atoms with Crippen molar-refractivity contribution < 1.29 is 19.1 Å². The molecule has 0 atom stereocenters. The van der Waals surface area contributed by atoms with E-state index in [0.29, 0.717) is 19.6 Å². The summed E-state index contributed by atoms with van der Waals surface area (Å²) in [6.07, 6.45) is 3.31. The molecule has 2 aliphatic heterocycles. The van der Waals surface area contributed by atoms with Crippen molar-refractivity contribution in [2.24, 2.45) is 0 Å². The average molecular weight is 382 g/mol. The first-order valence-corrected chi connectivity index (χ1v) is 9.26. The quantitative estimate of drug-likeness (QED) is 0.787. The number of carbonyl (C=O) groups is 2. The summed E-state index contributed by atoms with van der Waals surface area (Å²) in [5.41, 5.74) is 2.05. The fourth-order valence-corrected chi connectivity index (χ4v) is 3.31. The van der Waals surface area contributed by atoms with E-state index >= 15 is 0 Å². The van der Waals surface area contributed by atoms with E-state index in [9.17, 15) is 9.59 Å². The van der Waals surface area contributed by atoms with Crippen molar-refractivity contribution >= 4 is 11.8 Å². The Bertz CT molecular complexity index is 851. The number of rotatable bonds is 4. The number of nitrogens with zero attached hydrogens (tertiary/aromatic N) is 3. The molecular weight excluding hydrogens is 360 g/mol. The highest BCUT2D eigenvalue weighted by Gasteiger charge is 2.26. The zero-order valence-electron chi connectivity index (χ0n) is 15.5. The maximum absolute atomic E-state index is 12.4.